The van der Waals surface area contributed by atoms with E-state index in [2.05, 4.69) is 10.6 Å². The Balaban J connectivity index is 1.78. The van der Waals surface area contributed by atoms with Gasteiger partial charge < -0.3 is 15.7 Å². The van der Waals surface area contributed by atoms with Crippen molar-refractivity contribution in [1.29, 1.82) is 0 Å². The van der Waals surface area contributed by atoms with E-state index in [1.54, 1.807) is 12.1 Å². The molecule has 1 aromatic carbocycles. The van der Waals surface area contributed by atoms with Crippen LogP contribution in [0.4, 0.5) is 0 Å². The third-order valence-electron chi connectivity index (χ3n) is 3.69. The first-order valence-electron chi connectivity index (χ1n) is 6.97. The van der Waals surface area contributed by atoms with Gasteiger partial charge in [0.2, 0.25) is 5.91 Å². The number of nitrogens with one attached hydrogen (secondary N) is 2. The molecule has 0 spiro atoms. The third kappa shape index (κ3) is 3.96. The molecule has 1 fully saturated rings. The molecule has 0 bridgehead atoms. The van der Waals surface area contributed by atoms with Gasteiger partial charge in [0.1, 0.15) is 5.75 Å². The maximum Gasteiger partial charge on any atom is 0.237 e. The number of carbonyl (C=O) groups excluding carboxylic acids is 1. The van der Waals surface area contributed by atoms with Crippen LogP contribution in [0.1, 0.15) is 38.2 Å². The normalized spacial score (nSPS) is 17.3. The van der Waals surface area contributed by atoms with E-state index in [-0.39, 0.29) is 17.7 Å². The fourth-order valence-corrected chi connectivity index (χ4v) is 2.41. The summed E-state index contributed by atoms with van der Waals surface area (Å²) in [5, 5.41) is 15.9. The zero-order valence-corrected chi connectivity index (χ0v) is 11.4. The standard InChI is InChI=1S/C15H22N2O2/c1-11(15(19)17-13-7-3-4-8-13)16-10-12-6-2-5-9-14(12)18/h2,5-6,9,11,13,16,18H,3-4,7-8,10H2,1H3,(H,17,19). The molecule has 1 aliphatic carbocycles. The second-order valence-electron chi connectivity index (χ2n) is 5.22. The lowest BCUT2D eigenvalue weighted by molar-refractivity contribution is -0.123. The van der Waals surface area contributed by atoms with Gasteiger partial charge in [0.05, 0.1) is 6.04 Å². The zero-order chi connectivity index (χ0) is 13.7. The predicted molar refractivity (Wildman–Crippen MR) is 74.8 cm³/mol. The van der Waals surface area contributed by atoms with E-state index in [9.17, 15) is 9.90 Å². The van der Waals surface area contributed by atoms with Crippen LogP contribution in [0.5, 0.6) is 5.75 Å². The molecule has 0 saturated heterocycles. The molecule has 0 radical (unpaired) electrons. The molecule has 4 nitrogen and oxygen atoms in total. The monoisotopic (exact) mass is 262 g/mol. The van der Waals surface area contributed by atoms with Crippen molar-refractivity contribution >= 4 is 5.91 Å². The van der Waals surface area contributed by atoms with E-state index in [0.717, 1.165) is 18.4 Å². The highest BCUT2D eigenvalue weighted by Gasteiger charge is 2.20. The van der Waals surface area contributed by atoms with Crippen LogP contribution in [0, 0.1) is 0 Å². The first-order valence-corrected chi connectivity index (χ1v) is 6.97. The van der Waals surface area contributed by atoms with Crippen LogP contribution in [0.15, 0.2) is 24.3 Å². The maximum absolute atomic E-state index is 12.0. The molecule has 0 heterocycles. The summed E-state index contributed by atoms with van der Waals surface area (Å²) in [4.78, 5) is 12.0. The van der Waals surface area contributed by atoms with E-state index in [0.29, 0.717) is 12.6 Å². The summed E-state index contributed by atoms with van der Waals surface area (Å²) in [6.07, 6.45) is 4.62. The average molecular weight is 262 g/mol. The highest BCUT2D eigenvalue weighted by molar-refractivity contribution is 5.81. The Kier molecular flexibility index (Phi) is 4.80. The molecule has 4 heteroatoms. The van der Waals surface area contributed by atoms with Crippen molar-refractivity contribution in [1.82, 2.24) is 10.6 Å². The molecule has 3 N–H and O–H groups in total. The van der Waals surface area contributed by atoms with Gasteiger partial charge in [-0.15, -0.1) is 0 Å². The summed E-state index contributed by atoms with van der Waals surface area (Å²) in [5.74, 6) is 0.306. The summed E-state index contributed by atoms with van der Waals surface area (Å²) in [7, 11) is 0. The second kappa shape index (κ2) is 6.57. The summed E-state index contributed by atoms with van der Waals surface area (Å²) < 4.78 is 0. The van der Waals surface area contributed by atoms with Crippen molar-refractivity contribution in [2.75, 3.05) is 0 Å². The van der Waals surface area contributed by atoms with Crippen LogP contribution in [-0.4, -0.2) is 23.1 Å². The molecule has 1 aromatic rings. The highest BCUT2D eigenvalue weighted by Crippen LogP contribution is 2.18. The van der Waals surface area contributed by atoms with E-state index in [4.69, 9.17) is 0 Å². The van der Waals surface area contributed by atoms with Crippen molar-refractivity contribution in [3.63, 3.8) is 0 Å². The van der Waals surface area contributed by atoms with Gasteiger partial charge in [0.25, 0.3) is 0 Å². The Hall–Kier alpha value is -1.55. The number of amides is 1. The Labute approximate surface area is 114 Å². The molecular formula is C15H22N2O2. The molecular weight excluding hydrogens is 240 g/mol. The maximum atomic E-state index is 12.0. The van der Waals surface area contributed by atoms with Crippen molar-refractivity contribution in [2.45, 2.75) is 51.2 Å². The number of phenolic OH excluding ortho intramolecular Hbond substituents is 1. The number of benzene rings is 1. The number of rotatable bonds is 5. The lowest BCUT2D eigenvalue weighted by atomic mass is 10.2. The quantitative estimate of drug-likeness (QED) is 0.760. The number of hydrogen-bond acceptors (Lipinski definition) is 3. The van der Waals surface area contributed by atoms with Crippen LogP contribution in [0.2, 0.25) is 0 Å². The summed E-state index contributed by atoms with van der Waals surface area (Å²) in [6.45, 7) is 2.34. The predicted octanol–water partition coefficient (Wildman–Crippen LogP) is 1.93. The Morgan fingerprint density at radius 1 is 1.37 bits per heavy atom. The minimum atomic E-state index is -0.250. The number of carbonyl (C=O) groups is 1. The molecule has 1 amide bonds. The van der Waals surface area contributed by atoms with Gasteiger partial charge in [-0.3, -0.25) is 4.79 Å². The molecule has 19 heavy (non-hydrogen) atoms. The highest BCUT2D eigenvalue weighted by atomic mass is 16.3. The number of aromatic hydroxyl groups is 1. The van der Waals surface area contributed by atoms with Gasteiger partial charge in [-0.1, -0.05) is 31.0 Å². The molecule has 1 atom stereocenters. The largest absolute Gasteiger partial charge is 0.508 e. The van der Waals surface area contributed by atoms with E-state index < -0.39 is 0 Å². The number of phenols is 1. The summed E-state index contributed by atoms with van der Waals surface area (Å²) in [6, 6.07) is 7.27. The topological polar surface area (TPSA) is 61.4 Å². The Bertz CT molecular complexity index is 428. The molecule has 1 saturated carbocycles. The first-order chi connectivity index (χ1) is 9.16. The van der Waals surface area contributed by atoms with Crippen LogP contribution in [0.25, 0.3) is 0 Å². The Morgan fingerprint density at radius 2 is 2.05 bits per heavy atom. The van der Waals surface area contributed by atoms with Crippen molar-refractivity contribution in [2.24, 2.45) is 0 Å². The van der Waals surface area contributed by atoms with Crippen molar-refractivity contribution in [3.05, 3.63) is 29.8 Å². The minimum absolute atomic E-state index is 0.0438. The lowest BCUT2D eigenvalue weighted by Crippen LogP contribution is -2.45. The van der Waals surface area contributed by atoms with Crippen LogP contribution in [0.3, 0.4) is 0 Å². The minimum Gasteiger partial charge on any atom is -0.508 e. The van der Waals surface area contributed by atoms with Gasteiger partial charge in [-0.2, -0.15) is 0 Å². The molecule has 104 valence electrons. The van der Waals surface area contributed by atoms with Crippen LogP contribution < -0.4 is 10.6 Å². The van der Waals surface area contributed by atoms with Crippen molar-refractivity contribution in [3.8, 4) is 5.75 Å². The molecule has 0 aromatic heterocycles. The van der Waals surface area contributed by atoms with E-state index >= 15 is 0 Å². The lowest BCUT2D eigenvalue weighted by Gasteiger charge is -2.18. The molecule has 1 unspecified atom stereocenters. The molecule has 1 aliphatic rings. The molecule has 2 rings (SSSR count). The van der Waals surface area contributed by atoms with Crippen LogP contribution >= 0.6 is 0 Å². The Morgan fingerprint density at radius 3 is 2.74 bits per heavy atom. The SMILES string of the molecule is CC(NCc1ccccc1O)C(=O)NC1CCCC1. The average Bonchev–Trinajstić information content (AvgIpc) is 2.90. The van der Waals surface area contributed by atoms with Gasteiger partial charge in [0.15, 0.2) is 0 Å². The zero-order valence-electron chi connectivity index (χ0n) is 11.4. The second-order valence-corrected chi connectivity index (χ2v) is 5.22. The van der Waals surface area contributed by atoms with E-state index in [1.807, 2.05) is 19.1 Å². The van der Waals surface area contributed by atoms with Gasteiger partial charge >= 0.3 is 0 Å². The van der Waals surface area contributed by atoms with Gasteiger partial charge in [0, 0.05) is 18.2 Å². The smallest absolute Gasteiger partial charge is 0.237 e. The fraction of sp³-hybridized carbons (Fsp3) is 0.533. The third-order valence-corrected chi connectivity index (χ3v) is 3.69. The van der Waals surface area contributed by atoms with Crippen molar-refractivity contribution < 1.29 is 9.90 Å². The van der Waals surface area contributed by atoms with Gasteiger partial charge in [-0.25, -0.2) is 0 Å². The summed E-state index contributed by atoms with van der Waals surface area (Å²) >= 11 is 0. The van der Waals surface area contributed by atoms with Crippen LogP contribution in [-0.2, 0) is 11.3 Å². The van der Waals surface area contributed by atoms with Gasteiger partial charge in [-0.05, 0) is 25.8 Å². The molecule has 0 aliphatic heterocycles. The summed E-state index contributed by atoms with van der Waals surface area (Å²) in [5.41, 5.74) is 0.808. The number of hydrogen-bond donors (Lipinski definition) is 3. The number of para-hydroxylation sites is 1. The van der Waals surface area contributed by atoms with E-state index in [1.165, 1.54) is 12.8 Å². The first kappa shape index (κ1) is 13.9. The fourth-order valence-electron chi connectivity index (χ4n) is 2.41.